The monoisotopic (exact) mass is 712 g/mol. The van der Waals surface area contributed by atoms with Crippen LogP contribution in [0.15, 0.2) is 95.9 Å². The van der Waals surface area contributed by atoms with E-state index in [1.165, 1.54) is 11.3 Å². The summed E-state index contributed by atoms with van der Waals surface area (Å²) in [6.45, 7) is 4.42. The van der Waals surface area contributed by atoms with Crippen LogP contribution in [0.4, 0.5) is 0 Å². The number of esters is 1. The summed E-state index contributed by atoms with van der Waals surface area (Å²) in [5.74, 6) is 0.203. The third-order valence-corrected chi connectivity index (χ3v) is 9.32. The van der Waals surface area contributed by atoms with Crippen LogP contribution >= 0.6 is 55.0 Å². The number of thiazole rings is 1. The minimum absolute atomic E-state index is 0.203. The highest BCUT2D eigenvalue weighted by atomic mass is 79.9. The molecule has 5 rings (SSSR count). The van der Waals surface area contributed by atoms with Gasteiger partial charge in [-0.15, -0.1) is 11.8 Å². The number of carbonyl (C=O) groups excluding carboxylic acids is 1. The van der Waals surface area contributed by atoms with E-state index in [0.29, 0.717) is 33.0 Å². The second kappa shape index (κ2) is 12.9. The van der Waals surface area contributed by atoms with E-state index in [9.17, 15) is 9.59 Å². The Labute approximate surface area is 262 Å². The van der Waals surface area contributed by atoms with E-state index in [-0.39, 0.29) is 12.2 Å². The second-order valence-electron chi connectivity index (χ2n) is 8.95. The molecule has 0 spiro atoms. The van der Waals surface area contributed by atoms with Gasteiger partial charge in [0, 0.05) is 10.5 Å². The number of benzene rings is 3. The van der Waals surface area contributed by atoms with Crippen molar-refractivity contribution in [2.45, 2.75) is 24.8 Å². The van der Waals surface area contributed by atoms with Crippen LogP contribution in [0.3, 0.4) is 0 Å². The molecular formula is C31H26Br2N2O4S2. The Morgan fingerprint density at radius 2 is 1.73 bits per heavy atom. The number of aromatic nitrogens is 1. The van der Waals surface area contributed by atoms with E-state index in [2.05, 4.69) is 31.9 Å². The first-order valence-electron chi connectivity index (χ1n) is 12.9. The fourth-order valence-corrected chi connectivity index (χ4v) is 7.50. The van der Waals surface area contributed by atoms with Crippen LogP contribution in [0, 0.1) is 0 Å². The maximum Gasteiger partial charge on any atom is 0.338 e. The number of ether oxygens (including phenoxy) is 2. The van der Waals surface area contributed by atoms with Gasteiger partial charge in [0.1, 0.15) is 5.75 Å². The predicted molar refractivity (Wildman–Crippen MR) is 172 cm³/mol. The number of halogens is 2. The van der Waals surface area contributed by atoms with Crippen molar-refractivity contribution in [2.24, 2.45) is 4.99 Å². The van der Waals surface area contributed by atoms with Crippen molar-refractivity contribution < 1.29 is 14.3 Å². The summed E-state index contributed by atoms with van der Waals surface area (Å²) in [6, 6.07) is 20.6. The van der Waals surface area contributed by atoms with Gasteiger partial charge in [-0.3, -0.25) is 9.36 Å². The van der Waals surface area contributed by atoms with Crippen LogP contribution in [0.25, 0.3) is 11.8 Å². The van der Waals surface area contributed by atoms with Crippen LogP contribution in [-0.2, 0) is 9.53 Å². The van der Waals surface area contributed by atoms with Crippen LogP contribution in [0.1, 0.15) is 36.6 Å². The van der Waals surface area contributed by atoms with Crippen molar-refractivity contribution in [3.05, 3.63) is 118 Å². The minimum Gasteiger partial charge on any atom is -0.492 e. The molecule has 10 heteroatoms. The van der Waals surface area contributed by atoms with Crippen molar-refractivity contribution in [1.29, 1.82) is 0 Å². The van der Waals surface area contributed by atoms with Gasteiger partial charge in [-0.25, -0.2) is 9.79 Å². The largest absolute Gasteiger partial charge is 0.492 e. The highest BCUT2D eigenvalue weighted by Crippen LogP contribution is 2.37. The number of hydrogen-bond acceptors (Lipinski definition) is 7. The third-order valence-electron chi connectivity index (χ3n) is 6.41. The molecule has 1 aromatic heterocycles. The van der Waals surface area contributed by atoms with Crippen molar-refractivity contribution in [3.8, 4) is 5.75 Å². The molecule has 2 heterocycles. The van der Waals surface area contributed by atoms with Crippen LogP contribution in [0.5, 0.6) is 5.75 Å². The lowest BCUT2D eigenvalue weighted by Crippen LogP contribution is -2.40. The zero-order chi connectivity index (χ0) is 29.1. The molecule has 0 saturated heterocycles. The smallest absolute Gasteiger partial charge is 0.338 e. The fraction of sp³-hybridized carbons (Fsp3) is 0.194. The molecule has 0 unspecified atom stereocenters. The van der Waals surface area contributed by atoms with Gasteiger partial charge in [0.2, 0.25) is 0 Å². The van der Waals surface area contributed by atoms with E-state index in [1.807, 2.05) is 86.0 Å². The summed E-state index contributed by atoms with van der Waals surface area (Å²) in [5.41, 5.74) is 2.99. The zero-order valence-electron chi connectivity index (χ0n) is 22.5. The van der Waals surface area contributed by atoms with Crippen LogP contribution in [-0.4, -0.2) is 30.0 Å². The number of rotatable bonds is 8. The van der Waals surface area contributed by atoms with E-state index in [0.717, 1.165) is 30.5 Å². The van der Waals surface area contributed by atoms with Crippen molar-refractivity contribution in [1.82, 2.24) is 4.57 Å². The fourth-order valence-electron chi connectivity index (χ4n) is 4.64. The Morgan fingerprint density at radius 3 is 2.34 bits per heavy atom. The van der Waals surface area contributed by atoms with Crippen molar-refractivity contribution in [2.75, 3.05) is 19.5 Å². The Kier molecular flexibility index (Phi) is 9.33. The molecule has 210 valence electrons. The number of thioether (sulfide) groups is 1. The maximum absolute atomic E-state index is 14.1. The molecule has 3 aromatic carbocycles. The summed E-state index contributed by atoms with van der Waals surface area (Å²) in [6.07, 6.45) is 3.84. The number of fused-ring (bicyclic) bond motifs is 1. The highest BCUT2D eigenvalue weighted by Gasteiger charge is 2.35. The molecule has 0 radical (unpaired) electrons. The number of hydrogen-bond donors (Lipinski definition) is 0. The molecule has 1 atom stereocenters. The van der Waals surface area contributed by atoms with Crippen LogP contribution < -0.4 is 19.6 Å². The van der Waals surface area contributed by atoms with Gasteiger partial charge in [0.25, 0.3) is 5.56 Å². The average Bonchev–Trinajstić information content (AvgIpc) is 3.29. The summed E-state index contributed by atoms with van der Waals surface area (Å²) in [4.78, 5) is 34.2. The molecule has 0 amide bonds. The summed E-state index contributed by atoms with van der Waals surface area (Å²) < 4.78 is 14.9. The molecule has 4 aromatic rings. The van der Waals surface area contributed by atoms with E-state index < -0.39 is 12.0 Å². The van der Waals surface area contributed by atoms with Gasteiger partial charge in [-0.05, 0) is 93.4 Å². The molecule has 41 heavy (non-hydrogen) atoms. The maximum atomic E-state index is 14.1. The Bertz CT molecular complexity index is 1790. The Hall–Kier alpha value is -2.92. The van der Waals surface area contributed by atoms with Crippen molar-refractivity contribution >= 4 is 72.7 Å². The molecule has 0 N–H and O–H groups in total. The topological polar surface area (TPSA) is 69.9 Å². The predicted octanol–water partition coefficient (Wildman–Crippen LogP) is 6.58. The molecular weight excluding hydrogens is 688 g/mol. The van der Waals surface area contributed by atoms with Crippen LogP contribution in [0.2, 0.25) is 0 Å². The molecule has 1 aliphatic rings. The first-order valence-corrected chi connectivity index (χ1v) is 16.5. The van der Waals surface area contributed by atoms with E-state index in [1.54, 1.807) is 23.3 Å². The molecule has 0 saturated carbocycles. The Morgan fingerprint density at radius 1 is 1.05 bits per heavy atom. The highest BCUT2D eigenvalue weighted by molar-refractivity contribution is 9.11. The van der Waals surface area contributed by atoms with Gasteiger partial charge >= 0.3 is 5.97 Å². The average molecular weight is 715 g/mol. The lowest BCUT2D eigenvalue weighted by atomic mass is 9.93. The summed E-state index contributed by atoms with van der Waals surface area (Å²) >= 11 is 10.1. The molecule has 6 nitrogen and oxygen atoms in total. The molecule has 0 aliphatic carbocycles. The van der Waals surface area contributed by atoms with Crippen molar-refractivity contribution in [3.63, 3.8) is 0 Å². The standard InChI is InChI=1S/C31H26Br2N2O4S2/c1-4-38-28-22(32)15-18(16-23(28)33)17-24-29(36)35-27(20-11-13-21(40-3)14-12-20)25(30(37)39-5-2)26(34-31(35)41-24)19-9-7-6-8-10-19/h6-17,27H,4-5H2,1-3H3/b24-17-/t27-/m1/s1. The molecule has 0 fully saturated rings. The summed E-state index contributed by atoms with van der Waals surface area (Å²) in [5, 5.41) is 0. The Balaban J connectivity index is 1.78. The molecule has 0 bridgehead atoms. The lowest BCUT2D eigenvalue weighted by molar-refractivity contribution is -0.138. The first-order chi connectivity index (χ1) is 19.9. The SMILES string of the molecule is CCOC(=O)C1=C(c2ccccc2)N=c2s/c(=C\c3cc(Br)c(OCC)c(Br)c3)c(=O)n2[C@@H]1c1ccc(SC)cc1. The molecule has 1 aliphatic heterocycles. The van der Waals surface area contributed by atoms with E-state index in [4.69, 9.17) is 14.5 Å². The number of carbonyl (C=O) groups is 1. The number of nitrogens with zero attached hydrogens (tertiary/aromatic N) is 2. The normalized spacial score (nSPS) is 15.0. The van der Waals surface area contributed by atoms with Gasteiger partial charge in [-0.2, -0.15) is 0 Å². The lowest BCUT2D eigenvalue weighted by Gasteiger charge is -2.26. The van der Waals surface area contributed by atoms with E-state index >= 15 is 0 Å². The quantitative estimate of drug-likeness (QED) is 0.153. The summed E-state index contributed by atoms with van der Waals surface area (Å²) in [7, 11) is 0. The zero-order valence-corrected chi connectivity index (χ0v) is 27.3. The third kappa shape index (κ3) is 6.02. The van der Waals surface area contributed by atoms with Gasteiger partial charge in [0.15, 0.2) is 4.80 Å². The van der Waals surface area contributed by atoms with Gasteiger partial charge in [0.05, 0.1) is 44.0 Å². The van der Waals surface area contributed by atoms with Gasteiger partial charge in [-0.1, -0.05) is 53.8 Å². The van der Waals surface area contributed by atoms with Gasteiger partial charge < -0.3 is 9.47 Å². The first kappa shape index (κ1) is 29.6. The second-order valence-corrected chi connectivity index (χ2v) is 12.5. The minimum atomic E-state index is -0.711.